The van der Waals surface area contributed by atoms with E-state index in [-0.39, 0.29) is 19.8 Å². The molecule has 0 saturated heterocycles. The topological polar surface area (TPSA) is 140 Å². The molecule has 1 saturated carbocycles. The van der Waals surface area contributed by atoms with Gasteiger partial charge in [-0.25, -0.2) is 9.59 Å². The molecule has 10 heteroatoms. The van der Waals surface area contributed by atoms with Crippen LogP contribution >= 0.6 is 0 Å². The molecule has 1 aliphatic rings. The van der Waals surface area contributed by atoms with Gasteiger partial charge in [-0.05, 0) is 46.1 Å². The summed E-state index contributed by atoms with van der Waals surface area (Å²) >= 11 is 0. The van der Waals surface area contributed by atoms with Crippen molar-refractivity contribution < 1.29 is 28.6 Å². The predicted molar refractivity (Wildman–Crippen MR) is 90.9 cm³/mol. The van der Waals surface area contributed by atoms with Gasteiger partial charge in [-0.1, -0.05) is 5.11 Å². The lowest BCUT2D eigenvalue weighted by Crippen LogP contribution is -2.46. The van der Waals surface area contributed by atoms with Crippen molar-refractivity contribution in [3.8, 4) is 0 Å². The highest BCUT2D eigenvalue weighted by Gasteiger charge is 2.61. The van der Waals surface area contributed by atoms with E-state index in [2.05, 4.69) is 15.3 Å². The van der Waals surface area contributed by atoms with Gasteiger partial charge < -0.3 is 19.5 Å². The average molecular weight is 370 g/mol. The Hall–Kier alpha value is -2.48. The first kappa shape index (κ1) is 21.6. The number of carbonyl (C=O) groups excluding carboxylic acids is 3. The molecule has 1 rings (SSSR count). The van der Waals surface area contributed by atoms with E-state index in [4.69, 9.17) is 19.7 Å². The number of rotatable bonds is 8. The van der Waals surface area contributed by atoms with E-state index in [0.29, 0.717) is 0 Å². The Kier molecular flexibility index (Phi) is 7.70. The molecule has 1 amide bonds. The zero-order valence-corrected chi connectivity index (χ0v) is 15.7. The summed E-state index contributed by atoms with van der Waals surface area (Å²) in [5.74, 6) is -2.86. The molecule has 26 heavy (non-hydrogen) atoms. The number of carbonyl (C=O) groups is 3. The summed E-state index contributed by atoms with van der Waals surface area (Å²) in [6.45, 7) is 8.67. The minimum absolute atomic E-state index is 0.0105. The number of nitrogens with zero attached hydrogens (tertiary/aromatic N) is 3. The Morgan fingerprint density at radius 3 is 2.31 bits per heavy atom. The summed E-state index contributed by atoms with van der Waals surface area (Å²) in [4.78, 5) is 39.2. The maximum atomic E-state index is 12.3. The number of alkyl carbamates (subject to hydrolysis) is 1. The van der Waals surface area contributed by atoms with E-state index in [1.165, 1.54) is 0 Å². The van der Waals surface area contributed by atoms with Gasteiger partial charge in [0, 0.05) is 17.4 Å². The van der Waals surface area contributed by atoms with Crippen LogP contribution in [0.4, 0.5) is 4.79 Å². The van der Waals surface area contributed by atoms with Crippen molar-refractivity contribution in [1.29, 1.82) is 0 Å². The van der Waals surface area contributed by atoms with Crippen molar-refractivity contribution in [1.82, 2.24) is 5.32 Å². The van der Waals surface area contributed by atoms with Crippen LogP contribution in [0.3, 0.4) is 0 Å². The summed E-state index contributed by atoms with van der Waals surface area (Å²) in [6, 6.07) is -1.10. The van der Waals surface area contributed by atoms with Gasteiger partial charge in [0.25, 0.3) is 0 Å². The van der Waals surface area contributed by atoms with Crippen LogP contribution in [0.2, 0.25) is 0 Å². The third-order valence-electron chi connectivity index (χ3n) is 3.74. The average Bonchev–Trinajstić information content (AvgIpc) is 3.23. The van der Waals surface area contributed by atoms with Gasteiger partial charge in [-0.2, -0.15) is 0 Å². The zero-order chi connectivity index (χ0) is 19.9. The second-order valence-corrected chi connectivity index (χ2v) is 6.81. The molecule has 0 spiro atoms. The van der Waals surface area contributed by atoms with Crippen LogP contribution < -0.4 is 5.32 Å². The van der Waals surface area contributed by atoms with E-state index >= 15 is 0 Å². The standard InChI is InChI=1S/C16H26N4O6/c1-6-24-13(21)11-9(8-18-20-17)10(11)12(14(22)25-7-2)19-15(23)26-16(3,4)5/h9-12H,6-8H2,1-5H3,(H,19,23)/t9-,10+,11+,12+/m0/s1. The lowest BCUT2D eigenvalue weighted by Gasteiger charge is -2.23. The molecule has 0 unspecified atom stereocenters. The molecule has 0 aliphatic heterocycles. The van der Waals surface area contributed by atoms with Crippen molar-refractivity contribution >= 4 is 18.0 Å². The van der Waals surface area contributed by atoms with Crippen molar-refractivity contribution in [2.75, 3.05) is 19.8 Å². The third kappa shape index (κ3) is 6.11. The van der Waals surface area contributed by atoms with Gasteiger partial charge >= 0.3 is 18.0 Å². The van der Waals surface area contributed by atoms with Gasteiger partial charge in [0.15, 0.2) is 0 Å². The SMILES string of the molecule is CCOC(=O)[C@@H]1[C@@H](CN=[N+]=[N-])[C@H]1[C@@H](NC(=O)OC(C)(C)C)C(=O)OCC. The molecule has 0 aromatic rings. The molecular formula is C16H26N4O6. The fraction of sp³-hybridized carbons (Fsp3) is 0.812. The largest absolute Gasteiger partial charge is 0.466 e. The van der Waals surface area contributed by atoms with Gasteiger partial charge in [0.2, 0.25) is 0 Å². The molecule has 10 nitrogen and oxygen atoms in total. The highest BCUT2D eigenvalue weighted by molar-refractivity contribution is 5.85. The van der Waals surface area contributed by atoms with Crippen molar-refractivity contribution in [2.24, 2.45) is 22.9 Å². The van der Waals surface area contributed by atoms with Gasteiger partial charge in [-0.3, -0.25) is 4.79 Å². The maximum Gasteiger partial charge on any atom is 0.408 e. The number of amides is 1. The van der Waals surface area contributed by atoms with E-state index in [1.54, 1.807) is 34.6 Å². The Balaban J connectivity index is 2.99. The van der Waals surface area contributed by atoms with Gasteiger partial charge in [-0.15, -0.1) is 0 Å². The first-order valence-electron chi connectivity index (χ1n) is 8.49. The molecule has 0 aromatic carbocycles. The van der Waals surface area contributed by atoms with E-state index < -0.39 is 47.4 Å². The number of hydrogen-bond acceptors (Lipinski definition) is 7. The molecule has 1 fully saturated rings. The van der Waals surface area contributed by atoms with Crippen molar-refractivity contribution in [3.05, 3.63) is 10.4 Å². The van der Waals surface area contributed by atoms with Crippen molar-refractivity contribution in [2.45, 2.75) is 46.3 Å². The smallest absolute Gasteiger partial charge is 0.408 e. The number of ether oxygens (including phenoxy) is 3. The van der Waals surface area contributed by atoms with Crippen LogP contribution in [0.15, 0.2) is 5.11 Å². The highest BCUT2D eigenvalue weighted by Crippen LogP contribution is 2.50. The molecular weight excluding hydrogens is 344 g/mol. The fourth-order valence-electron chi connectivity index (χ4n) is 2.77. The van der Waals surface area contributed by atoms with Crippen LogP contribution in [-0.4, -0.2) is 49.4 Å². The summed E-state index contributed by atoms with van der Waals surface area (Å²) in [7, 11) is 0. The van der Waals surface area contributed by atoms with Crippen LogP contribution in [0, 0.1) is 17.8 Å². The Morgan fingerprint density at radius 1 is 1.19 bits per heavy atom. The quantitative estimate of drug-likeness (QED) is 0.228. The minimum Gasteiger partial charge on any atom is -0.466 e. The second-order valence-electron chi connectivity index (χ2n) is 6.81. The number of azide groups is 1. The summed E-state index contributed by atoms with van der Waals surface area (Å²) < 4.78 is 15.2. The Bertz CT molecular complexity index is 582. The highest BCUT2D eigenvalue weighted by atomic mass is 16.6. The molecule has 0 heterocycles. The molecule has 146 valence electrons. The molecule has 4 atom stereocenters. The van der Waals surface area contributed by atoms with Gasteiger partial charge in [0.1, 0.15) is 11.6 Å². The Morgan fingerprint density at radius 2 is 1.81 bits per heavy atom. The Labute approximate surface area is 152 Å². The third-order valence-corrected chi connectivity index (χ3v) is 3.74. The monoisotopic (exact) mass is 370 g/mol. The van der Waals surface area contributed by atoms with Gasteiger partial charge in [0.05, 0.1) is 19.1 Å². The van der Waals surface area contributed by atoms with Crippen LogP contribution in [-0.2, 0) is 23.8 Å². The number of nitrogens with one attached hydrogen (secondary N) is 1. The first-order valence-corrected chi connectivity index (χ1v) is 8.49. The summed E-state index contributed by atoms with van der Waals surface area (Å²) in [6.07, 6.45) is -0.799. The second kappa shape index (κ2) is 9.28. The number of hydrogen-bond donors (Lipinski definition) is 1. The maximum absolute atomic E-state index is 12.3. The number of esters is 2. The zero-order valence-electron chi connectivity index (χ0n) is 15.7. The molecule has 1 N–H and O–H groups in total. The molecule has 0 radical (unpaired) electrons. The van der Waals surface area contributed by atoms with Crippen LogP contribution in [0.1, 0.15) is 34.6 Å². The lowest BCUT2D eigenvalue weighted by molar-refractivity contribution is -0.147. The van der Waals surface area contributed by atoms with E-state index in [9.17, 15) is 14.4 Å². The summed E-state index contributed by atoms with van der Waals surface area (Å²) in [5, 5.41) is 5.96. The first-order chi connectivity index (χ1) is 12.2. The normalized spacial score (nSPS) is 22.4. The van der Waals surface area contributed by atoms with E-state index in [1.807, 2.05) is 0 Å². The molecule has 0 bridgehead atoms. The minimum atomic E-state index is -1.10. The summed E-state index contributed by atoms with van der Waals surface area (Å²) in [5.41, 5.74) is 7.77. The van der Waals surface area contributed by atoms with Crippen LogP contribution in [0.25, 0.3) is 10.4 Å². The van der Waals surface area contributed by atoms with Crippen LogP contribution in [0.5, 0.6) is 0 Å². The predicted octanol–water partition coefficient (Wildman–Crippen LogP) is 2.18. The lowest BCUT2D eigenvalue weighted by atomic mass is 10.1. The molecule has 0 aromatic heterocycles. The van der Waals surface area contributed by atoms with Crippen molar-refractivity contribution in [3.63, 3.8) is 0 Å². The van der Waals surface area contributed by atoms with E-state index in [0.717, 1.165) is 0 Å². The fourth-order valence-corrected chi connectivity index (χ4v) is 2.77. The molecule has 1 aliphatic carbocycles.